The van der Waals surface area contributed by atoms with Crippen molar-refractivity contribution < 1.29 is 26.4 Å². The third-order valence-corrected chi connectivity index (χ3v) is 10.5. The standard InChI is InChI=1S/C15H21NO6S3/c1-22-15(17)11-4-6-16(7-5-11)12-9-24(18,19)10-13(12)25(20,21)14-3-2-8-23-14/h2-3,8,11-13H,4-7,9-10H2,1H3/t12-,13-/m0/s1. The Morgan fingerprint density at radius 1 is 1.28 bits per heavy atom. The van der Waals surface area contributed by atoms with E-state index in [4.69, 9.17) is 4.74 Å². The lowest BCUT2D eigenvalue weighted by molar-refractivity contribution is -0.147. The molecule has 140 valence electrons. The van der Waals surface area contributed by atoms with Crippen molar-refractivity contribution in [2.24, 2.45) is 5.92 Å². The zero-order chi connectivity index (χ0) is 18.2. The van der Waals surface area contributed by atoms with Crippen LogP contribution in [0, 0.1) is 5.92 Å². The minimum atomic E-state index is -3.69. The van der Waals surface area contributed by atoms with E-state index < -0.39 is 31.0 Å². The average molecular weight is 408 g/mol. The molecule has 0 amide bonds. The number of carbonyl (C=O) groups excluding carboxylic acids is 1. The van der Waals surface area contributed by atoms with Crippen molar-refractivity contribution in [3.05, 3.63) is 17.5 Å². The van der Waals surface area contributed by atoms with Crippen LogP contribution in [-0.2, 0) is 29.2 Å². The van der Waals surface area contributed by atoms with Crippen molar-refractivity contribution in [2.45, 2.75) is 28.3 Å². The monoisotopic (exact) mass is 407 g/mol. The van der Waals surface area contributed by atoms with Gasteiger partial charge in [-0.15, -0.1) is 11.3 Å². The van der Waals surface area contributed by atoms with Crippen LogP contribution in [0.25, 0.3) is 0 Å². The zero-order valence-corrected chi connectivity index (χ0v) is 16.3. The first kappa shape index (κ1) is 18.8. The molecule has 0 N–H and O–H groups in total. The van der Waals surface area contributed by atoms with Gasteiger partial charge < -0.3 is 4.74 Å². The molecule has 25 heavy (non-hydrogen) atoms. The summed E-state index contributed by atoms with van der Waals surface area (Å²) in [6, 6.07) is 2.61. The minimum Gasteiger partial charge on any atom is -0.469 e. The number of likely N-dealkylation sites (tertiary alicyclic amines) is 1. The molecule has 2 fully saturated rings. The molecule has 0 saturated carbocycles. The van der Waals surface area contributed by atoms with Gasteiger partial charge in [-0.2, -0.15) is 0 Å². The Balaban J connectivity index is 1.81. The summed E-state index contributed by atoms with van der Waals surface area (Å²) >= 11 is 1.11. The predicted molar refractivity (Wildman–Crippen MR) is 94.0 cm³/mol. The number of rotatable bonds is 4. The van der Waals surface area contributed by atoms with E-state index in [-0.39, 0.29) is 27.6 Å². The fourth-order valence-electron chi connectivity index (χ4n) is 3.64. The van der Waals surface area contributed by atoms with Gasteiger partial charge >= 0.3 is 5.97 Å². The third kappa shape index (κ3) is 3.76. The van der Waals surface area contributed by atoms with Gasteiger partial charge in [0.1, 0.15) is 4.21 Å². The fourth-order valence-corrected chi connectivity index (χ4v) is 9.70. The molecule has 0 spiro atoms. The van der Waals surface area contributed by atoms with E-state index in [1.807, 2.05) is 4.90 Å². The number of hydrogen-bond donors (Lipinski definition) is 0. The number of carbonyl (C=O) groups is 1. The molecule has 0 radical (unpaired) electrons. The number of hydrogen-bond acceptors (Lipinski definition) is 8. The van der Waals surface area contributed by atoms with Crippen molar-refractivity contribution in [2.75, 3.05) is 31.7 Å². The van der Waals surface area contributed by atoms with Gasteiger partial charge in [-0.3, -0.25) is 9.69 Å². The molecule has 10 heteroatoms. The van der Waals surface area contributed by atoms with Crippen LogP contribution in [0.3, 0.4) is 0 Å². The lowest BCUT2D eigenvalue weighted by Crippen LogP contribution is -2.50. The molecule has 2 aliphatic heterocycles. The van der Waals surface area contributed by atoms with Gasteiger partial charge in [0.15, 0.2) is 19.7 Å². The summed E-state index contributed by atoms with van der Waals surface area (Å²) in [4.78, 5) is 13.6. The second kappa shape index (κ2) is 6.98. The second-order valence-electron chi connectivity index (χ2n) is 6.49. The molecule has 0 bridgehead atoms. The Bertz CT molecular complexity index is 823. The van der Waals surface area contributed by atoms with Crippen LogP contribution in [-0.4, -0.2) is 70.7 Å². The van der Waals surface area contributed by atoms with Gasteiger partial charge in [-0.1, -0.05) is 6.07 Å². The van der Waals surface area contributed by atoms with Crippen LogP contribution in [0.2, 0.25) is 0 Å². The highest BCUT2D eigenvalue weighted by atomic mass is 32.2. The zero-order valence-electron chi connectivity index (χ0n) is 13.8. The summed E-state index contributed by atoms with van der Waals surface area (Å²) in [6.45, 7) is 0.993. The van der Waals surface area contributed by atoms with E-state index in [1.54, 1.807) is 11.4 Å². The number of esters is 1. The van der Waals surface area contributed by atoms with E-state index in [9.17, 15) is 21.6 Å². The number of thiophene rings is 1. The molecule has 7 nitrogen and oxygen atoms in total. The summed E-state index contributed by atoms with van der Waals surface area (Å²) in [5.41, 5.74) is 0. The first-order valence-corrected chi connectivity index (χ1v) is 12.3. The van der Waals surface area contributed by atoms with E-state index in [1.165, 1.54) is 13.2 Å². The van der Waals surface area contributed by atoms with Crippen LogP contribution >= 0.6 is 11.3 Å². The molecular formula is C15H21NO6S3. The molecule has 3 rings (SSSR count). The summed E-state index contributed by atoms with van der Waals surface area (Å²) in [5, 5.41) is 0.721. The number of piperidine rings is 1. The van der Waals surface area contributed by atoms with Gasteiger partial charge in [0, 0.05) is 6.04 Å². The molecule has 1 aromatic heterocycles. The van der Waals surface area contributed by atoms with Crippen LogP contribution in [0.5, 0.6) is 0 Å². The molecule has 0 unspecified atom stereocenters. The van der Waals surface area contributed by atoms with Gasteiger partial charge in [-0.25, -0.2) is 16.8 Å². The van der Waals surface area contributed by atoms with Gasteiger partial charge in [-0.05, 0) is 37.4 Å². The van der Waals surface area contributed by atoms with Crippen molar-refractivity contribution in [1.29, 1.82) is 0 Å². The van der Waals surface area contributed by atoms with Crippen LogP contribution < -0.4 is 0 Å². The molecule has 2 saturated heterocycles. The lowest BCUT2D eigenvalue weighted by Gasteiger charge is -2.36. The smallest absolute Gasteiger partial charge is 0.308 e. The van der Waals surface area contributed by atoms with E-state index in [0.717, 1.165) is 11.3 Å². The lowest BCUT2D eigenvalue weighted by atomic mass is 9.95. The summed E-state index contributed by atoms with van der Waals surface area (Å²) in [7, 11) is -5.75. The largest absolute Gasteiger partial charge is 0.469 e. The van der Waals surface area contributed by atoms with Crippen LogP contribution in [0.15, 0.2) is 21.7 Å². The number of ether oxygens (including phenoxy) is 1. The number of methoxy groups -OCH3 is 1. The van der Waals surface area contributed by atoms with Crippen molar-refractivity contribution >= 4 is 37.0 Å². The highest BCUT2D eigenvalue weighted by Gasteiger charge is 2.49. The van der Waals surface area contributed by atoms with Gasteiger partial charge in [0.05, 0.1) is 29.8 Å². The Hall–Kier alpha value is -0.970. The molecule has 2 aliphatic rings. The van der Waals surface area contributed by atoms with E-state index >= 15 is 0 Å². The fraction of sp³-hybridized carbons (Fsp3) is 0.667. The molecule has 0 aromatic carbocycles. The van der Waals surface area contributed by atoms with Crippen molar-refractivity contribution in [3.8, 4) is 0 Å². The van der Waals surface area contributed by atoms with Crippen molar-refractivity contribution in [3.63, 3.8) is 0 Å². The first-order chi connectivity index (χ1) is 11.7. The molecule has 3 heterocycles. The topological polar surface area (TPSA) is 97.8 Å². The van der Waals surface area contributed by atoms with Crippen LogP contribution in [0.1, 0.15) is 12.8 Å². The summed E-state index contributed by atoms with van der Waals surface area (Å²) in [5.74, 6) is -0.951. The third-order valence-electron chi connectivity index (χ3n) is 4.98. The second-order valence-corrected chi connectivity index (χ2v) is 12.0. The minimum absolute atomic E-state index is 0.148. The molecule has 2 atom stereocenters. The maximum absolute atomic E-state index is 12.9. The Labute approximate surface area is 151 Å². The number of nitrogens with zero attached hydrogens (tertiary/aromatic N) is 1. The highest BCUT2D eigenvalue weighted by Crippen LogP contribution is 2.33. The van der Waals surface area contributed by atoms with Crippen LogP contribution in [0.4, 0.5) is 0 Å². The quantitative estimate of drug-likeness (QED) is 0.673. The van der Waals surface area contributed by atoms with E-state index in [0.29, 0.717) is 25.9 Å². The Morgan fingerprint density at radius 3 is 2.52 bits per heavy atom. The maximum Gasteiger partial charge on any atom is 0.308 e. The number of sulfone groups is 2. The molecular weight excluding hydrogens is 386 g/mol. The van der Waals surface area contributed by atoms with Gasteiger partial charge in [0.2, 0.25) is 0 Å². The Kier molecular flexibility index (Phi) is 5.25. The Morgan fingerprint density at radius 2 is 1.96 bits per heavy atom. The maximum atomic E-state index is 12.9. The molecule has 1 aromatic rings. The van der Waals surface area contributed by atoms with Gasteiger partial charge in [0.25, 0.3) is 0 Å². The SMILES string of the molecule is COC(=O)C1CCN([C@H]2CS(=O)(=O)C[C@@H]2S(=O)(=O)c2cccs2)CC1. The van der Waals surface area contributed by atoms with E-state index in [2.05, 4.69) is 0 Å². The highest BCUT2D eigenvalue weighted by molar-refractivity contribution is 7.97. The predicted octanol–water partition coefficient (Wildman–Crippen LogP) is 0.572. The molecule has 0 aliphatic carbocycles. The van der Waals surface area contributed by atoms with Crippen molar-refractivity contribution in [1.82, 2.24) is 4.90 Å². The summed E-state index contributed by atoms with van der Waals surface area (Å²) in [6.07, 6.45) is 1.10. The average Bonchev–Trinajstić information content (AvgIpc) is 3.22. The first-order valence-electron chi connectivity index (χ1n) is 8.04. The summed E-state index contributed by atoms with van der Waals surface area (Å²) < 4.78 is 55.1. The normalized spacial score (nSPS) is 28.0.